The van der Waals surface area contributed by atoms with E-state index in [-0.39, 0.29) is 34.5 Å². The Labute approximate surface area is 209 Å². The maximum atomic E-state index is 13.1. The Morgan fingerprint density at radius 3 is 2.37 bits per heavy atom. The number of carbonyl (C=O) groups is 2. The molecule has 0 bridgehead atoms. The summed E-state index contributed by atoms with van der Waals surface area (Å²) in [4.78, 5) is 41.5. The number of nitrogens with zero attached hydrogens (tertiary/aromatic N) is 5. The molecule has 0 atom stereocenters. The standard InChI is InChI=1S/C26H32N6O2S/c1-25(2)21(26(25,3)4)24(34)32-12-10-16(11-13-32)23-29-19(15-35-23)22(33)30-31(5)20-14-27-17-8-6-7-9-18(17)28-20/h6-9,14-16,21H,10-13H2,1-5H3,(H,30,33). The van der Waals surface area contributed by atoms with E-state index in [1.54, 1.807) is 23.6 Å². The van der Waals surface area contributed by atoms with Gasteiger partial charge in [-0.2, -0.15) is 0 Å². The summed E-state index contributed by atoms with van der Waals surface area (Å²) >= 11 is 1.52. The molecule has 2 aliphatic rings. The van der Waals surface area contributed by atoms with Crippen molar-refractivity contribution in [2.75, 3.05) is 25.1 Å². The Hall–Kier alpha value is -3.07. The first-order valence-corrected chi connectivity index (χ1v) is 13.0. The van der Waals surface area contributed by atoms with Crippen molar-refractivity contribution in [3.05, 3.63) is 46.5 Å². The van der Waals surface area contributed by atoms with Gasteiger partial charge < -0.3 is 4.90 Å². The number of likely N-dealkylation sites (tertiary alicyclic amines) is 1. The third kappa shape index (κ3) is 4.16. The fourth-order valence-corrected chi connectivity index (χ4v) is 6.27. The van der Waals surface area contributed by atoms with Gasteiger partial charge in [0.1, 0.15) is 5.69 Å². The Morgan fingerprint density at radius 1 is 1.06 bits per heavy atom. The number of thiazole rings is 1. The van der Waals surface area contributed by atoms with Gasteiger partial charge in [-0.15, -0.1) is 11.3 Å². The molecule has 184 valence electrons. The van der Waals surface area contributed by atoms with Crippen LogP contribution in [0.15, 0.2) is 35.8 Å². The SMILES string of the molecule is CN(NC(=O)c1csc(C2CCN(C(=O)C3C(C)(C)C3(C)C)CC2)n1)c1cnc2ccccc2n1. The van der Waals surface area contributed by atoms with Crippen LogP contribution >= 0.6 is 11.3 Å². The van der Waals surface area contributed by atoms with Gasteiger partial charge in [0, 0.05) is 37.4 Å². The van der Waals surface area contributed by atoms with E-state index in [0.29, 0.717) is 11.5 Å². The summed E-state index contributed by atoms with van der Waals surface area (Å²) in [5.74, 6) is 0.931. The van der Waals surface area contributed by atoms with Crippen molar-refractivity contribution in [2.24, 2.45) is 16.7 Å². The lowest BCUT2D eigenvalue weighted by atomic mass is 9.96. The molecule has 1 aliphatic heterocycles. The molecule has 3 heterocycles. The highest BCUT2D eigenvalue weighted by Crippen LogP contribution is 2.68. The second-order valence-electron chi connectivity index (χ2n) is 10.8. The van der Waals surface area contributed by atoms with Crippen LogP contribution in [0.1, 0.15) is 62.0 Å². The average molecular weight is 493 g/mol. The van der Waals surface area contributed by atoms with Crippen molar-refractivity contribution < 1.29 is 9.59 Å². The predicted octanol–water partition coefficient (Wildman–Crippen LogP) is 4.26. The maximum Gasteiger partial charge on any atom is 0.289 e. The van der Waals surface area contributed by atoms with Crippen LogP contribution in [-0.2, 0) is 4.79 Å². The van der Waals surface area contributed by atoms with Gasteiger partial charge in [0.2, 0.25) is 5.91 Å². The lowest BCUT2D eigenvalue weighted by molar-refractivity contribution is -0.134. The summed E-state index contributed by atoms with van der Waals surface area (Å²) in [5.41, 5.74) is 4.91. The van der Waals surface area contributed by atoms with Gasteiger partial charge in [0.05, 0.1) is 22.2 Å². The molecule has 3 aromatic rings. The quantitative estimate of drug-likeness (QED) is 0.535. The smallest absolute Gasteiger partial charge is 0.289 e. The molecule has 9 heteroatoms. The van der Waals surface area contributed by atoms with Crippen molar-refractivity contribution in [3.8, 4) is 0 Å². The Kier molecular flexibility index (Phi) is 5.78. The van der Waals surface area contributed by atoms with Gasteiger partial charge in [-0.05, 0) is 35.8 Å². The van der Waals surface area contributed by atoms with Crippen LogP contribution in [0.3, 0.4) is 0 Å². The summed E-state index contributed by atoms with van der Waals surface area (Å²) in [6.07, 6.45) is 3.38. The van der Waals surface area contributed by atoms with Crippen LogP contribution in [0.4, 0.5) is 5.82 Å². The van der Waals surface area contributed by atoms with E-state index in [1.165, 1.54) is 11.3 Å². The Morgan fingerprint density at radius 2 is 1.71 bits per heavy atom. The van der Waals surface area contributed by atoms with Gasteiger partial charge in [-0.1, -0.05) is 39.8 Å². The molecule has 1 saturated heterocycles. The first-order valence-electron chi connectivity index (χ1n) is 12.1. The largest absolute Gasteiger partial charge is 0.342 e. The van der Waals surface area contributed by atoms with E-state index in [9.17, 15) is 9.59 Å². The van der Waals surface area contributed by atoms with Crippen LogP contribution in [0, 0.1) is 16.7 Å². The number of hydrazine groups is 1. The number of hydrogen-bond donors (Lipinski definition) is 1. The molecule has 0 radical (unpaired) electrons. The number of amides is 2. The zero-order chi connectivity index (χ0) is 25.0. The number of aromatic nitrogens is 3. The number of nitrogens with one attached hydrogen (secondary N) is 1. The minimum atomic E-state index is -0.282. The normalized spacial score (nSPS) is 19.5. The van der Waals surface area contributed by atoms with E-state index >= 15 is 0 Å². The topological polar surface area (TPSA) is 91.3 Å². The summed E-state index contributed by atoms with van der Waals surface area (Å²) in [6.45, 7) is 10.2. The third-order valence-corrected chi connectivity index (χ3v) is 9.23. The van der Waals surface area contributed by atoms with Gasteiger partial charge in [0.15, 0.2) is 5.82 Å². The fourth-order valence-electron chi connectivity index (χ4n) is 5.30. The number of piperidine rings is 1. The highest BCUT2D eigenvalue weighted by atomic mass is 32.1. The fraction of sp³-hybridized carbons (Fsp3) is 0.500. The third-order valence-electron chi connectivity index (χ3n) is 8.23. The van der Waals surface area contributed by atoms with Gasteiger partial charge >= 0.3 is 0 Å². The van der Waals surface area contributed by atoms with Crippen molar-refractivity contribution in [1.82, 2.24) is 25.3 Å². The van der Waals surface area contributed by atoms with E-state index in [0.717, 1.165) is 42.0 Å². The molecule has 35 heavy (non-hydrogen) atoms. The molecule has 8 nitrogen and oxygen atoms in total. The van der Waals surface area contributed by atoms with Gasteiger partial charge in [-0.25, -0.2) is 9.97 Å². The monoisotopic (exact) mass is 492 g/mol. The first-order chi connectivity index (χ1) is 16.6. The zero-order valence-corrected chi connectivity index (χ0v) is 21.7. The second kappa shape index (κ2) is 8.55. The van der Waals surface area contributed by atoms with Gasteiger partial charge in [0.25, 0.3) is 5.91 Å². The average Bonchev–Trinajstić information content (AvgIpc) is 3.16. The molecule has 0 unspecified atom stereocenters. The van der Waals surface area contributed by atoms with Crippen LogP contribution in [0.5, 0.6) is 0 Å². The number of anilines is 1. The molecular weight excluding hydrogens is 460 g/mol. The highest BCUT2D eigenvalue weighted by Gasteiger charge is 2.68. The number of rotatable bonds is 5. The molecule has 1 saturated carbocycles. The zero-order valence-electron chi connectivity index (χ0n) is 20.9. The molecule has 2 aromatic heterocycles. The predicted molar refractivity (Wildman–Crippen MR) is 137 cm³/mol. The number of hydrogen-bond acceptors (Lipinski definition) is 7. The molecule has 2 amide bonds. The first kappa shape index (κ1) is 23.7. The molecule has 1 N–H and O–H groups in total. The van der Waals surface area contributed by atoms with Crippen LogP contribution < -0.4 is 10.4 Å². The summed E-state index contributed by atoms with van der Waals surface area (Å²) in [5, 5.41) is 4.32. The number of para-hydroxylation sites is 2. The Bertz CT molecular complexity index is 1260. The van der Waals surface area contributed by atoms with E-state index in [2.05, 4.69) is 48.1 Å². The molecule has 0 spiro atoms. The van der Waals surface area contributed by atoms with Crippen molar-refractivity contribution in [2.45, 2.75) is 46.5 Å². The van der Waals surface area contributed by atoms with Crippen LogP contribution in [0.2, 0.25) is 0 Å². The molecule has 1 aliphatic carbocycles. The van der Waals surface area contributed by atoms with Crippen molar-refractivity contribution >= 4 is 40.0 Å². The maximum absolute atomic E-state index is 13.1. The highest BCUT2D eigenvalue weighted by molar-refractivity contribution is 7.09. The lowest BCUT2D eigenvalue weighted by Gasteiger charge is -2.32. The summed E-state index contributed by atoms with van der Waals surface area (Å²) in [7, 11) is 1.74. The van der Waals surface area contributed by atoms with Crippen LogP contribution in [-0.4, -0.2) is 51.8 Å². The number of carbonyl (C=O) groups excluding carboxylic acids is 2. The number of fused-ring (bicyclic) bond motifs is 1. The summed E-state index contributed by atoms with van der Waals surface area (Å²) in [6, 6.07) is 7.61. The molecule has 1 aromatic carbocycles. The molecular formula is C26H32N6O2S. The minimum absolute atomic E-state index is 0.0596. The molecule has 5 rings (SSSR count). The number of benzene rings is 1. The Balaban J connectivity index is 1.18. The summed E-state index contributed by atoms with van der Waals surface area (Å²) < 4.78 is 0. The van der Waals surface area contributed by atoms with Crippen molar-refractivity contribution in [3.63, 3.8) is 0 Å². The van der Waals surface area contributed by atoms with Crippen LogP contribution in [0.25, 0.3) is 11.0 Å². The lowest BCUT2D eigenvalue weighted by Crippen LogP contribution is -2.40. The van der Waals surface area contributed by atoms with Crippen molar-refractivity contribution in [1.29, 1.82) is 0 Å². The minimum Gasteiger partial charge on any atom is -0.342 e. The van der Waals surface area contributed by atoms with Gasteiger partial charge in [-0.3, -0.25) is 25.0 Å². The van der Waals surface area contributed by atoms with E-state index in [4.69, 9.17) is 0 Å². The second-order valence-corrected chi connectivity index (χ2v) is 11.7. The molecule has 2 fully saturated rings. The van der Waals surface area contributed by atoms with E-state index < -0.39 is 0 Å². The van der Waals surface area contributed by atoms with E-state index in [1.807, 2.05) is 29.2 Å².